The molecular weight excluding hydrogens is 382 g/mol. The van der Waals surface area contributed by atoms with Crippen LogP contribution in [0.25, 0.3) is 0 Å². The average Bonchev–Trinajstić information content (AvgIpc) is 2.97. The van der Waals surface area contributed by atoms with Gasteiger partial charge in [0.1, 0.15) is 12.4 Å². The first kappa shape index (κ1) is 20.4. The van der Waals surface area contributed by atoms with Crippen molar-refractivity contribution in [3.8, 4) is 17.5 Å². The number of amides is 2. The van der Waals surface area contributed by atoms with Gasteiger partial charge in [0.15, 0.2) is 5.75 Å². The summed E-state index contributed by atoms with van der Waals surface area (Å²) in [6.07, 6.45) is 6.87. The molecule has 4 rings (SSSR count). The minimum absolute atomic E-state index is 0.0205. The largest absolute Gasteiger partial charge is 0.474 e. The zero-order valence-corrected chi connectivity index (χ0v) is 18.0. The van der Waals surface area contributed by atoms with E-state index in [4.69, 9.17) is 9.47 Å². The van der Waals surface area contributed by atoms with Crippen LogP contribution in [0.3, 0.4) is 0 Å². The number of aryl methyl sites for hydroxylation is 1. The van der Waals surface area contributed by atoms with Crippen molar-refractivity contribution in [3.05, 3.63) is 35.9 Å². The second kappa shape index (κ2) is 8.45. The number of hydrogen-bond donors (Lipinski definition) is 1. The highest BCUT2D eigenvalue weighted by atomic mass is 16.5. The summed E-state index contributed by atoms with van der Waals surface area (Å²) in [6.45, 7) is 7.76. The minimum atomic E-state index is 0.0205. The van der Waals surface area contributed by atoms with Crippen LogP contribution in [0, 0.1) is 13.8 Å². The van der Waals surface area contributed by atoms with E-state index < -0.39 is 0 Å². The number of aromatic nitrogens is 3. The van der Waals surface area contributed by atoms with Crippen LogP contribution >= 0.6 is 0 Å². The van der Waals surface area contributed by atoms with E-state index in [1.807, 2.05) is 44.7 Å². The van der Waals surface area contributed by atoms with Crippen LogP contribution < -0.4 is 14.8 Å². The number of fused-ring (bicyclic) bond motifs is 2. The van der Waals surface area contributed by atoms with Crippen LogP contribution in [0.15, 0.2) is 24.7 Å². The molecule has 2 atom stereocenters. The Kier molecular flexibility index (Phi) is 5.74. The van der Waals surface area contributed by atoms with Gasteiger partial charge >= 0.3 is 6.03 Å². The van der Waals surface area contributed by atoms with Crippen LogP contribution in [0.2, 0.25) is 0 Å². The van der Waals surface area contributed by atoms with Gasteiger partial charge in [-0.05, 0) is 52.7 Å². The van der Waals surface area contributed by atoms with E-state index in [-0.39, 0.29) is 30.3 Å². The summed E-state index contributed by atoms with van der Waals surface area (Å²) in [7, 11) is 0. The van der Waals surface area contributed by atoms with Gasteiger partial charge in [0.05, 0.1) is 11.3 Å². The number of hydrogen-bond acceptors (Lipinski definition) is 6. The Balaban J connectivity index is 1.45. The molecule has 4 heterocycles. The summed E-state index contributed by atoms with van der Waals surface area (Å²) in [4.78, 5) is 27.4. The molecule has 8 nitrogen and oxygen atoms in total. The molecule has 2 aromatic rings. The summed E-state index contributed by atoms with van der Waals surface area (Å²) >= 11 is 0. The third-order valence-electron chi connectivity index (χ3n) is 5.77. The SMILES string of the molecule is Cc1ncccc1Oc1ncnc(OC2CC3CCC(C2)N3C(=O)NC(C)C)c1C. The number of rotatable bonds is 5. The number of urea groups is 1. The van der Waals surface area contributed by atoms with Crippen molar-refractivity contribution in [1.82, 2.24) is 25.2 Å². The number of nitrogens with zero attached hydrogens (tertiary/aromatic N) is 4. The number of carbonyl (C=O) groups is 1. The van der Waals surface area contributed by atoms with E-state index >= 15 is 0 Å². The van der Waals surface area contributed by atoms with Gasteiger partial charge in [-0.3, -0.25) is 4.98 Å². The minimum Gasteiger partial charge on any atom is -0.474 e. The molecule has 2 bridgehead atoms. The lowest BCUT2D eigenvalue weighted by Crippen LogP contribution is -2.53. The van der Waals surface area contributed by atoms with Gasteiger partial charge in [-0.15, -0.1) is 0 Å². The maximum Gasteiger partial charge on any atom is 0.318 e. The van der Waals surface area contributed by atoms with E-state index in [1.165, 1.54) is 6.33 Å². The first-order chi connectivity index (χ1) is 14.4. The standard InChI is InChI=1S/C22H29N5O3/c1-13(2)26-22(28)27-16-7-8-17(27)11-18(10-16)29-20-14(3)21(25-12-24-20)30-19-6-5-9-23-15(19)4/h5-6,9,12-13,16-18H,7-8,10-11H2,1-4H3,(H,26,28). The van der Waals surface area contributed by atoms with Crippen molar-refractivity contribution >= 4 is 6.03 Å². The molecule has 0 spiro atoms. The molecule has 2 fully saturated rings. The zero-order valence-electron chi connectivity index (χ0n) is 18.0. The highest BCUT2D eigenvalue weighted by Crippen LogP contribution is 2.38. The molecule has 160 valence electrons. The Hall–Kier alpha value is -2.90. The fourth-order valence-corrected chi connectivity index (χ4v) is 4.36. The molecule has 2 unspecified atom stereocenters. The predicted molar refractivity (Wildman–Crippen MR) is 112 cm³/mol. The van der Waals surface area contributed by atoms with Gasteiger partial charge in [-0.2, -0.15) is 0 Å². The molecule has 2 aromatic heterocycles. The molecule has 2 amide bonds. The number of piperidine rings is 1. The Bertz CT molecular complexity index is 905. The van der Waals surface area contributed by atoms with Gasteiger partial charge in [0.2, 0.25) is 11.8 Å². The lowest BCUT2D eigenvalue weighted by atomic mass is 10.00. The van der Waals surface area contributed by atoms with E-state index in [0.717, 1.165) is 36.9 Å². The maximum atomic E-state index is 12.6. The quantitative estimate of drug-likeness (QED) is 0.805. The van der Waals surface area contributed by atoms with Gasteiger partial charge in [-0.25, -0.2) is 14.8 Å². The maximum absolute atomic E-state index is 12.6. The molecule has 30 heavy (non-hydrogen) atoms. The van der Waals surface area contributed by atoms with Crippen LogP contribution in [-0.4, -0.2) is 50.1 Å². The topological polar surface area (TPSA) is 89.5 Å². The van der Waals surface area contributed by atoms with Crippen molar-refractivity contribution in [2.24, 2.45) is 0 Å². The van der Waals surface area contributed by atoms with Crippen LogP contribution in [0.4, 0.5) is 4.79 Å². The molecule has 2 aliphatic rings. The molecule has 0 aromatic carbocycles. The van der Waals surface area contributed by atoms with E-state index in [0.29, 0.717) is 17.5 Å². The summed E-state index contributed by atoms with van der Waals surface area (Å²) in [5.74, 6) is 1.66. The lowest BCUT2D eigenvalue weighted by Gasteiger charge is -2.39. The fraction of sp³-hybridized carbons (Fsp3) is 0.545. The third-order valence-corrected chi connectivity index (χ3v) is 5.77. The fourth-order valence-electron chi connectivity index (χ4n) is 4.36. The number of pyridine rings is 1. The Labute approximate surface area is 177 Å². The Morgan fingerprint density at radius 3 is 2.50 bits per heavy atom. The second-order valence-corrected chi connectivity index (χ2v) is 8.41. The van der Waals surface area contributed by atoms with Crippen molar-refractivity contribution in [1.29, 1.82) is 0 Å². The number of nitrogens with one attached hydrogen (secondary N) is 1. The summed E-state index contributed by atoms with van der Waals surface area (Å²) in [6, 6.07) is 4.29. The van der Waals surface area contributed by atoms with Gasteiger partial charge in [0, 0.05) is 37.2 Å². The molecule has 0 saturated carbocycles. The van der Waals surface area contributed by atoms with Crippen molar-refractivity contribution < 1.29 is 14.3 Å². The first-order valence-corrected chi connectivity index (χ1v) is 10.6. The molecule has 1 N–H and O–H groups in total. The van der Waals surface area contributed by atoms with Crippen molar-refractivity contribution in [3.63, 3.8) is 0 Å². The lowest BCUT2D eigenvalue weighted by molar-refractivity contribution is 0.0648. The Morgan fingerprint density at radius 1 is 1.13 bits per heavy atom. The first-order valence-electron chi connectivity index (χ1n) is 10.6. The average molecular weight is 412 g/mol. The van der Waals surface area contributed by atoms with E-state index in [1.54, 1.807) is 6.20 Å². The number of carbonyl (C=O) groups excluding carboxylic acids is 1. The van der Waals surface area contributed by atoms with Crippen LogP contribution in [0.5, 0.6) is 17.5 Å². The van der Waals surface area contributed by atoms with E-state index in [9.17, 15) is 4.79 Å². The highest BCUT2D eigenvalue weighted by Gasteiger charge is 2.44. The molecule has 0 aliphatic carbocycles. The smallest absolute Gasteiger partial charge is 0.318 e. The summed E-state index contributed by atoms with van der Waals surface area (Å²) in [5, 5.41) is 3.03. The van der Waals surface area contributed by atoms with Crippen LogP contribution in [0.1, 0.15) is 50.8 Å². The van der Waals surface area contributed by atoms with E-state index in [2.05, 4.69) is 20.3 Å². The van der Waals surface area contributed by atoms with Gasteiger partial charge < -0.3 is 19.7 Å². The van der Waals surface area contributed by atoms with Crippen LogP contribution in [-0.2, 0) is 0 Å². The highest BCUT2D eigenvalue weighted by molar-refractivity contribution is 5.75. The normalized spacial score (nSPS) is 22.8. The molecule has 0 radical (unpaired) electrons. The second-order valence-electron chi connectivity index (χ2n) is 8.41. The molecule has 2 aliphatic heterocycles. The number of ether oxygens (including phenoxy) is 2. The van der Waals surface area contributed by atoms with Gasteiger partial charge in [-0.1, -0.05) is 0 Å². The Morgan fingerprint density at radius 2 is 1.83 bits per heavy atom. The monoisotopic (exact) mass is 411 g/mol. The predicted octanol–water partition coefficient (Wildman–Crippen LogP) is 3.77. The third kappa shape index (κ3) is 4.17. The summed E-state index contributed by atoms with van der Waals surface area (Å²) in [5.41, 5.74) is 1.55. The molecule has 8 heteroatoms. The van der Waals surface area contributed by atoms with Crippen molar-refractivity contribution in [2.45, 2.75) is 77.6 Å². The van der Waals surface area contributed by atoms with Crippen molar-refractivity contribution in [2.75, 3.05) is 0 Å². The van der Waals surface area contributed by atoms with Gasteiger partial charge in [0.25, 0.3) is 0 Å². The molecule has 2 saturated heterocycles. The summed E-state index contributed by atoms with van der Waals surface area (Å²) < 4.78 is 12.2. The zero-order chi connectivity index (χ0) is 21.3. The molecular formula is C22H29N5O3.